The van der Waals surface area contributed by atoms with Crippen molar-refractivity contribution in [3.05, 3.63) is 65.2 Å². The van der Waals surface area contributed by atoms with E-state index in [1.807, 2.05) is 31.2 Å². The highest BCUT2D eigenvalue weighted by Crippen LogP contribution is 2.25. The summed E-state index contributed by atoms with van der Waals surface area (Å²) < 4.78 is 58.2. The van der Waals surface area contributed by atoms with Crippen LogP contribution in [-0.2, 0) is 26.2 Å². The summed E-state index contributed by atoms with van der Waals surface area (Å²) in [5.74, 6) is -3.06. The number of piperidine rings is 1. The van der Waals surface area contributed by atoms with Gasteiger partial charge in [0.25, 0.3) is 0 Å². The second kappa shape index (κ2) is 8.36. The number of ether oxygens (including phenoxy) is 1. The Morgan fingerprint density at radius 1 is 1.11 bits per heavy atom. The molecule has 150 valence electrons. The third kappa shape index (κ3) is 4.56. The molecule has 1 fully saturated rings. The van der Waals surface area contributed by atoms with Crippen LogP contribution in [0.15, 0.2) is 47.4 Å². The minimum absolute atomic E-state index is 0.117. The van der Waals surface area contributed by atoms with Crippen LogP contribution in [0.4, 0.5) is 8.78 Å². The van der Waals surface area contributed by atoms with Crippen LogP contribution in [0.1, 0.15) is 24.0 Å². The van der Waals surface area contributed by atoms with Gasteiger partial charge in [-0.1, -0.05) is 29.8 Å². The van der Waals surface area contributed by atoms with E-state index < -0.39 is 21.7 Å². The van der Waals surface area contributed by atoms with E-state index in [4.69, 9.17) is 4.74 Å². The van der Waals surface area contributed by atoms with Crippen LogP contribution in [-0.4, -0.2) is 31.8 Å². The second-order valence-electron chi connectivity index (χ2n) is 6.85. The predicted octanol–water partition coefficient (Wildman–Crippen LogP) is 3.42. The molecule has 0 aromatic heterocycles. The van der Waals surface area contributed by atoms with E-state index in [1.165, 1.54) is 4.31 Å². The third-order valence-corrected chi connectivity index (χ3v) is 6.67. The molecule has 28 heavy (non-hydrogen) atoms. The molecule has 0 unspecified atom stereocenters. The van der Waals surface area contributed by atoms with Crippen molar-refractivity contribution in [3.63, 3.8) is 0 Å². The van der Waals surface area contributed by atoms with Gasteiger partial charge in [-0.25, -0.2) is 17.2 Å². The van der Waals surface area contributed by atoms with E-state index in [9.17, 15) is 22.0 Å². The molecule has 0 amide bonds. The predicted molar refractivity (Wildman–Crippen MR) is 98.8 cm³/mol. The van der Waals surface area contributed by atoms with E-state index in [1.54, 1.807) is 0 Å². The summed E-state index contributed by atoms with van der Waals surface area (Å²) in [7, 11) is -3.94. The molecule has 0 bridgehead atoms. The molecular formula is C20H21F2NO4S. The van der Waals surface area contributed by atoms with Crippen molar-refractivity contribution in [2.75, 3.05) is 13.1 Å². The third-order valence-electron chi connectivity index (χ3n) is 4.78. The molecule has 2 aromatic carbocycles. The van der Waals surface area contributed by atoms with E-state index in [2.05, 4.69) is 0 Å². The summed E-state index contributed by atoms with van der Waals surface area (Å²) in [6, 6.07) is 10.1. The molecule has 0 N–H and O–H groups in total. The van der Waals surface area contributed by atoms with Crippen molar-refractivity contribution in [2.24, 2.45) is 5.92 Å². The van der Waals surface area contributed by atoms with Gasteiger partial charge in [0.2, 0.25) is 10.0 Å². The molecule has 0 saturated carbocycles. The molecular weight excluding hydrogens is 388 g/mol. The van der Waals surface area contributed by atoms with Crippen LogP contribution in [0, 0.1) is 24.5 Å². The largest absolute Gasteiger partial charge is 0.461 e. The molecule has 0 atom stereocenters. The lowest BCUT2D eigenvalue weighted by Gasteiger charge is -2.30. The van der Waals surface area contributed by atoms with Crippen LogP contribution in [0.5, 0.6) is 0 Å². The molecule has 1 saturated heterocycles. The van der Waals surface area contributed by atoms with Gasteiger partial charge in [0.1, 0.15) is 6.61 Å². The number of carbonyl (C=O) groups is 1. The number of carbonyl (C=O) groups excluding carboxylic acids is 1. The number of nitrogens with zero attached hydrogens (tertiary/aromatic N) is 1. The van der Waals surface area contributed by atoms with E-state index in [0.717, 1.165) is 23.3 Å². The summed E-state index contributed by atoms with van der Waals surface area (Å²) >= 11 is 0. The Morgan fingerprint density at radius 3 is 2.46 bits per heavy atom. The number of rotatable bonds is 5. The zero-order valence-corrected chi connectivity index (χ0v) is 16.2. The molecule has 1 aliphatic rings. The zero-order chi connectivity index (χ0) is 20.3. The fourth-order valence-corrected chi connectivity index (χ4v) is 4.67. The average molecular weight is 409 g/mol. The first-order valence-corrected chi connectivity index (χ1v) is 10.4. The maximum Gasteiger partial charge on any atom is 0.309 e. The van der Waals surface area contributed by atoms with E-state index in [0.29, 0.717) is 18.9 Å². The number of hydrogen-bond acceptors (Lipinski definition) is 4. The molecule has 0 radical (unpaired) electrons. The standard InChI is InChI=1S/C20H21F2NO4S/c1-14-3-2-4-15(11-14)13-27-20(24)16-7-9-23(10-8-16)28(25,26)17-5-6-18(21)19(22)12-17/h2-6,11-12,16H,7-10,13H2,1H3. The summed E-state index contributed by atoms with van der Waals surface area (Å²) in [6.07, 6.45) is 0.630. The molecule has 3 rings (SSSR count). The molecule has 0 spiro atoms. The highest BCUT2D eigenvalue weighted by atomic mass is 32.2. The van der Waals surface area contributed by atoms with Crippen LogP contribution >= 0.6 is 0 Å². The first kappa shape index (κ1) is 20.4. The Kier molecular flexibility index (Phi) is 6.10. The first-order chi connectivity index (χ1) is 13.3. The van der Waals surface area contributed by atoms with Crippen molar-refractivity contribution in [1.82, 2.24) is 4.31 Å². The van der Waals surface area contributed by atoms with Crippen molar-refractivity contribution in [1.29, 1.82) is 0 Å². The van der Waals surface area contributed by atoms with Crippen LogP contribution < -0.4 is 0 Å². The van der Waals surface area contributed by atoms with Gasteiger partial charge in [-0.15, -0.1) is 0 Å². The summed E-state index contributed by atoms with van der Waals surface area (Å²) in [6.45, 7) is 2.36. The number of esters is 1. The fourth-order valence-electron chi connectivity index (χ4n) is 3.19. The maximum absolute atomic E-state index is 13.4. The lowest BCUT2D eigenvalue weighted by Crippen LogP contribution is -2.40. The van der Waals surface area contributed by atoms with Gasteiger partial charge in [0, 0.05) is 13.1 Å². The summed E-state index contributed by atoms with van der Waals surface area (Å²) in [5.41, 5.74) is 1.97. The minimum Gasteiger partial charge on any atom is -0.461 e. The molecule has 0 aliphatic carbocycles. The van der Waals surface area contributed by atoms with Gasteiger partial charge in [-0.05, 0) is 43.5 Å². The maximum atomic E-state index is 13.4. The van der Waals surface area contributed by atoms with E-state index in [-0.39, 0.29) is 36.5 Å². The quantitative estimate of drug-likeness (QED) is 0.710. The van der Waals surface area contributed by atoms with Crippen LogP contribution in [0.25, 0.3) is 0 Å². The van der Waals surface area contributed by atoms with Crippen molar-refractivity contribution in [3.8, 4) is 0 Å². The van der Waals surface area contributed by atoms with Crippen molar-refractivity contribution >= 4 is 16.0 Å². The molecule has 1 aliphatic heterocycles. The Bertz CT molecular complexity index is 970. The van der Waals surface area contributed by atoms with Crippen molar-refractivity contribution in [2.45, 2.75) is 31.3 Å². The lowest BCUT2D eigenvalue weighted by atomic mass is 9.98. The SMILES string of the molecule is Cc1cccc(COC(=O)C2CCN(S(=O)(=O)c3ccc(F)c(F)c3)CC2)c1. The van der Waals surface area contributed by atoms with Gasteiger partial charge in [0.15, 0.2) is 11.6 Å². The zero-order valence-electron chi connectivity index (χ0n) is 15.4. The van der Waals surface area contributed by atoms with Gasteiger partial charge in [-0.2, -0.15) is 4.31 Å². The lowest BCUT2D eigenvalue weighted by molar-refractivity contribution is -0.151. The molecule has 2 aromatic rings. The Morgan fingerprint density at radius 2 is 1.82 bits per heavy atom. The Labute approximate surface area is 163 Å². The first-order valence-electron chi connectivity index (χ1n) is 8.95. The molecule has 5 nitrogen and oxygen atoms in total. The fraction of sp³-hybridized carbons (Fsp3) is 0.350. The van der Waals surface area contributed by atoms with Crippen LogP contribution in [0.3, 0.4) is 0 Å². The van der Waals surface area contributed by atoms with Gasteiger partial charge < -0.3 is 4.74 Å². The van der Waals surface area contributed by atoms with Gasteiger partial charge in [-0.3, -0.25) is 4.79 Å². The van der Waals surface area contributed by atoms with Crippen molar-refractivity contribution < 1.29 is 26.7 Å². The topological polar surface area (TPSA) is 63.7 Å². The number of sulfonamides is 1. The monoisotopic (exact) mass is 409 g/mol. The van der Waals surface area contributed by atoms with Crippen LogP contribution in [0.2, 0.25) is 0 Å². The minimum atomic E-state index is -3.94. The summed E-state index contributed by atoms with van der Waals surface area (Å²) in [5, 5.41) is 0. The molecule has 8 heteroatoms. The normalized spacial score (nSPS) is 16.1. The van der Waals surface area contributed by atoms with Gasteiger partial charge in [0.05, 0.1) is 10.8 Å². The highest BCUT2D eigenvalue weighted by Gasteiger charge is 2.33. The Balaban J connectivity index is 1.57. The Hall–Kier alpha value is -2.32. The second-order valence-corrected chi connectivity index (χ2v) is 8.79. The number of benzene rings is 2. The number of hydrogen-bond donors (Lipinski definition) is 0. The van der Waals surface area contributed by atoms with Gasteiger partial charge >= 0.3 is 5.97 Å². The summed E-state index contributed by atoms with van der Waals surface area (Å²) in [4.78, 5) is 12.0. The van der Waals surface area contributed by atoms with E-state index >= 15 is 0 Å². The number of aryl methyl sites for hydroxylation is 1. The highest BCUT2D eigenvalue weighted by molar-refractivity contribution is 7.89. The average Bonchev–Trinajstić information content (AvgIpc) is 2.68. The smallest absolute Gasteiger partial charge is 0.309 e. The molecule has 1 heterocycles. The number of halogens is 2.